The quantitative estimate of drug-likeness (QED) is 0.584. The van der Waals surface area contributed by atoms with Crippen LogP contribution < -0.4 is 11.2 Å². The van der Waals surface area contributed by atoms with E-state index in [9.17, 15) is 14.7 Å². The van der Waals surface area contributed by atoms with E-state index in [4.69, 9.17) is 5.11 Å². The lowest BCUT2D eigenvalue weighted by molar-refractivity contribution is 0.156. The first-order valence-corrected chi connectivity index (χ1v) is 5.13. The molecule has 0 spiro atoms. The first-order valence-electron chi connectivity index (χ1n) is 5.13. The van der Waals surface area contributed by atoms with Crippen molar-refractivity contribution in [1.29, 1.82) is 0 Å². The molecule has 0 amide bonds. The molecule has 88 valence electrons. The van der Waals surface area contributed by atoms with Gasteiger partial charge in [0, 0.05) is 30.8 Å². The fourth-order valence-corrected chi connectivity index (χ4v) is 2.04. The smallest absolute Gasteiger partial charge is 0.328 e. The van der Waals surface area contributed by atoms with Crippen LogP contribution in [0, 0.1) is 11.3 Å². The Bertz CT molecular complexity index is 492. The Labute approximate surface area is 91.2 Å². The van der Waals surface area contributed by atoms with Gasteiger partial charge in [0.2, 0.25) is 0 Å². The van der Waals surface area contributed by atoms with Crippen molar-refractivity contribution < 1.29 is 10.2 Å². The van der Waals surface area contributed by atoms with Gasteiger partial charge in [0.25, 0.3) is 5.56 Å². The van der Waals surface area contributed by atoms with Crippen LogP contribution in [0.4, 0.5) is 0 Å². The average Bonchev–Trinajstić information content (AvgIpc) is 2.97. The number of aromatic amines is 1. The zero-order valence-corrected chi connectivity index (χ0v) is 8.72. The SMILES string of the molecule is O=c1ccn(CC2(CO)CC2CO)c(=O)[nH]1. The molecule has 6 heteroatoms. The van der Waals surface area contributed by atoms with Crippen molar-refractivity contribution in [3.8, 4) is 0 Å². The van der Waals surface area contributed by atoms with Crippen LogP contribution in [-0.2, 0) is 6.54 Å². The minimum atomic E-state index is -0.482. The Hall–Kier alpha value is -1.40. The maximum absolute atomic E-state index is 11.4. The fraction of sp³-hybridized carbons (Fsp3) is 0.600. The number of aromatic nitrogens is 2. The first-order chi connectivity index (χ1) is 7.61. The van der Waals surface area contributed by atoms with Gasteiger partial charge >= 0.3 is 5.69 Å². The lowest BCUT2D eigenvalue weighted by atomic mass is 10.1. The summed E-state index contributed by atoms with van der Waals surface area (Å²) in [4.78, 5) is 24.4. The standard InChI is InChI=1S/C10H14N2O4/c13-4-7-3-10(7,6-14)5-12-2-1-8(15)11-9(12)16/h1-2,7,13-14H,3-6H2,(H,11,15,16). The number of hydrogen-bond acceptors (Lipinski definition) is 4. The molecule has 0 aliphatic heterocycles. The zero-order valence-electron chi connectivity index (χ0n) is 8.72. The van der Waals surface area contributed by atoms with Crippen molar-refractivity contribution in [2.75, 3.05) is 13.2 Å². The second-order valence-electron chi connectivity index (χ2n) is 4.34. The molecular weight excluding hydrogens is 212 g/mol. The Balaban J connectivity index is 2.21. The highest BCUT2D eigenvalue weighted by Crippen LogP contribution is 2.52. The Morgan fingerprint density at radius 3 is 2.75 bits per heavy atom. The highest BCUT2D eigenvalue weighted by Gasteiger charge is 2.53. The lowest BCUT2D eigenvalue weighted by Gasteiger charge is -2.14. The molecule has 6 nitrogen and oxygen atoms in total. The van der Waals surface area contributed by atoms with E-state index in [0.29, 0.717) is 13.0 Å². The third-order valence-corrected chi connectivity index (χ3v) is 3.28. The van der Waals surface area contributed by atoms with E-state index in [1.807, 2.05) is 0 Å². The molecule has 2 unspecified atom stereocenters. The highest BCUT2D eigenvalue weighted by molar-refractivity contribution is 5.02. The van der Waals surface area contributed by atoms with E-state index < -0.39 is 16.7 Å². The normalized spacial score (nSPS) is 28.0. The van der Waals surface area contributed by atoms with Gasteiger partial charge < -0.3 is 10.2 Å². The predicted octanol–water partition coefficient (Wildman–Crippen LogP) is -1.47. The molecule has 2 rings (SSSR count). The number of H-pyrrole nitrogens is 1. The minimum absolute atomic E-state index is 0.0126. The van der Waals surface area contributed by atoms with Gasteiger partial charge in [-0.3, -0.25) is 14.3 Å². The van der Waals surface area contributed by atoms with E-state index in [-0.39, 0.29) is 19.1 Å². The van der Waals surface area contributed by atoms with Gasteiger partial charge in [-0.15, -0.1) is 0 Å². The lowest BCUT2D eigenvalue weighted by Crippen LogP contribution is -2.32. The van der Waals surface area contributed by atoms with Crippen molar-refractivity contribution in [2.24, 2.45) is 11.3 Å². The van der Waals surface area contributed by atoms with Gasteiger partial charge in [-0.25, -0.2) is 4.79 Å². The molecule has 1 aliphatic rings. The minimum Gasteiger partial charge on any atom is -0.396 e. The van der Waals surface area contributed by atoms with Crippen LogP contribution in [0.1, 0.15) is 6.42 Å². The monoisotopic (exact) mass is 226 g/mol. The third kappa shape index (κ3) is 1.81. The van der Waals surface area contributed by atoms with Gasteiger partial charge in [0.15, 0.2) is 0 Å². The summed E-state index contributed by atoms with van der Waals surface area (Å²) < 4.78 is 1.35. The van der Waals surface area contributed by atoms with Crippen molar-refractivity contribution in [2.45, 2.75) is 13.0 Å². The molecule has 1 fully saturated rings. The van der Waals surface area contributed by atoms with Crippen LogP contribution in [0.2, 0.25) is 0 Å². The first kappa shape index (κ1) is 11.1. The Kier molecular flexibility index (Phi) is 2.69. The van der Waals surface area contributed by atoms with Gasteiger partial charge in [-0.05, 0) is 12.3 Å². The van der Waals surface area contributed by atoms with E-state index in [1.54, 1.807) is 0 Å². The molecule has 2 atom stereocenters. The molecular formula is C10H14N2O4. The number of nitrogens with zero attached hydrogens (tertiary/aromatic N) is 1. The summed E-state index contributed by atoms with van der Waals surface area (Å²) in [6.45, 7) is 0.271. The van der Waals surface area contributed by atoms with Crippen LogP contribution in [0.5, 0.6) is 0 Å². The summed E-state index contributed by atoms with van der Waals surface area (Å²) in [5.74, 6) is 0.0383. The van der Waals surface area contributed by atoms with E-state index >= 15 is 0 Å². The maximum Gasteiger partial charge on any atom is 0.328 e. The van der Waals surface area contributed by atoms with Gasteiger partial charge in [-0.2, -0.15) is 0 Å². The van der Waals surface area contributed by atoms with Crippen LogP contribution in [0.3, 0.4) is 0 Å². The number of nitrogens with one attached hydrogen (secondary N) is 1. The average molecular weight is 226 g/mol. The molecule has 1 aliphatic carbocycles. The predicted molar refractivity (Wildman–Crippen MR) is 56.0 cm³/mol. The number of aliphatic hydroxyl groups excluding tert-OH is 2. The Morgan fingerprint density at radius 2 is 2.25 bits per heavy atom. The molecule has 1 aromatic heterocycles. The molecule has 0 bridgehead atoms. The third-order valence-electron chi connectivity index (χ3n) is 3.28. The molecule has 1 heterocycles. The van der Waals surface area contributed by atoms with Gasteiger partial charge in [-0.1, -0.05) is 0 Å². The van der Waals surface area contributed by atoms with Crippen LogP contribution in [0.15, 0.2) is 21.9 Å². The summed E-state index contributed by atoms with van der Waals surface area (Å²) in [7, 11) is 0. The maximum atomic E-state index is 11.4. The van der Waals surface area contributed by atoms with Crippen LogP contribution in [0.25, 0.3) is 0 Å². The number of aliphatic hydroxyl groups is 2. The van der Waals surface area contributed by atoms with Crippen molar-refractivity contribution >= 4 is 0 Å². The van der Waals surface area contributed by atoms with E-state index in [2.05, 4.69) is 4.98 Å². The fourth-order valence-electron chi connectivity index (χ4n) is 2.04. The molecule has 0 radical (unpaired) electrons. The summed E-state index contributed by atoms with van der Waals surface area (Å²) in [5.41, 5.74) is -1.32. The largest absolute Gasteiger partial charge is 0.396 e. The molecule has 0 saturated heterocycles. The summed E-state index contributed by atoms with van der Waals surface area (Å²) in [6, 6.07) is 1.27. The summed E-state index contributed by atoms with van der Waals surface area (Å²) in [5, 5.41) is 18.3. The van der Waals surface area contributed by atoms with Crippen LogP contribution in [-0.4, -0.2) is 33.0 Å². The van der Waals surface area contributed by atoms with Crippen molar-refractivity contribution in [3.05, 3.63) is 33.1 Å². The topological polar surface area (TPSA) is 95.3 Å². The van der Waals surface area contributed by atoms with Crippen molar-refractivity contribution in [1.82, 2.24) is 9.55 Å². The molecule has 1 saturated carbocycles. The molecule has 3 N–H and O–H groups in total. The van der Waals surface area contributed by atoms with E-state index in [1.165, 1.54) is 16.8 Å². The van der Waals surface area contributed by atoms with Crippen LogP contribution >= 0.6 is 0 Å². The summed E-state index contributed by atoms with van der Waals surface area (Å²) >= 11 is 0. The zero-order chi connectivity index (χ0) is 11.8. The second kappa shape index (κ2) is 3.88. The Morgan fingerprint density at radius 1 is 1.50 bits per heavy atom. The molecule has 1 aromatic rings. The van der Waals surface area contributed by atoms with Crippen molar-refractivity contribution in [3.63, 3.8) is 0 Å². The number of rotatable bonds is 4. The van der Waals surface area contributed by atoms with Gasteiger partial charge in [0.05, 0.1) is 6.61 Å². The second-order valence-corrected chi connectivity index (χ2v) is 4.34. The highest BCUT2D eigenvalue weighted by atomic mass is 16.3. The molecule has 0 aromatic carbocycles. The summed E-state index contributed by atoms with van der Waals surface area (Å²) in [6.07, 6.45) is 2.11. The van der Waals surface area contributed by atoms with Gasteiger partial charge in [0.1, 0.15) is 0 Å². The molecule has 16 heavy (non-hydrogen) atoms. The van der Waals surface area contributed by atoms with E-state index in [0.717, 1.165) is 0 Å². The number of hydrogen-bond donors (Lipinski definition) is 3.